The molecule has 0 aliphatic heterocycles. The molecule has 0 unspecified atom stereocenters. The average molecular weight is 238 g/mol. The number of aromatic nitrogens is 2. The molecule has 1 aromatic heterocycles. The third kappa shape index (κ3) is 3.58. The fraction of sp³-hybridized carbons (Fsp3) is 0.545. The van der Waals surface area contributed by atoms with Crippen LogP contribution in [-0.4, -0.2) is 36.1 Å². The Morgan fingerprint density at radius 3 is 2.65 bits per heavy atom. The van der Waals surface area contributed by atoms with Crippen LogP contribution in [0.3, 0.4) is 0 Å². The maximum absolute atomic E-state index is 11.2. The maximum atomic E-state index is 11.2. The van der Waals surface area contributed by atoms with E-state index in [2.05, 4.69) is 20.6 Å². The molecule has 6 heteroatoms. The van der Waals surface area contributed by atoms with E-state index in [-0.39, 0.29) is 12.5 Å². The number of rotatable bonds is 6. The Kier molecular flexibility index (Phi) is 5.19. The molecule has 0 spiro atoms. The Balaban J connectivity index is 2.73. The van der Waals surface area contributed by atoms with E-state index in [1.807, 2.05) is 6.92 Å². The van der Waals surface area contributed by atoms with Crippen molar-refractivity contribution in [2.75, 3.05) is 30.8 Å². The Morgan fingerprint density at radius 2 is 2.06 bits per heavy atom. The van der Waals surface area contributed by atoms with Crippen molar-refractivity contribution in [3.63, 3.8) is 0 Å². The number of nitrogens with zero attached hydrogens (tertiary/aromatic N) is 2. The van der Waals surface area contributed by atoms with Crippen molar-refractivity contribution < 1.29 is 9.53 Å². The van der Waals surface area contributed by atoms with Gasteiger partial charge in [0, 0.05) is 12.6 Å². The van der Waals surface area contributed by atoms with Crippen molar-refractivity contribution in [3.8, 4) is 0 Å². The number of carbonyl (C=O) groups excluding carboxylic acids is 1. The molecule has 0 saturated carbocycles. The molecule has 1 heterocycles. The number of anilines is 2. The van der Waals surface area contributed by atoms with Crippen LogP contribution in [0.4, 0.5) is 11.6 Å². The van der Waals surface area contributed by atoms with Gasteiger partial charge in [0.25, 0.3) is 0 Å². The summed E-state index contributed by atoms with van der Waals surface area (Å²) in [5.41, 5.74) is 0.958. The summed E-state index contributed by atoms with van der Waals surface area (Å²) in [4.78, 5) is 19.5. The van der Waals surface area contributed by atoms with Crippen LogP contribution < -0.4 is 10.6 Å². The lowest BCUT2D eigenvalue weighted by Gasteiger charge is -2.12. The molecule has 94 valence electrons. The summed E-state index contributed by atoms with van der Waals surface area (Å²) in [7, 11) is 1.80. The van der Waals surface area contributed by atoms with Gasteiger partial charge in [-0.2, -0.15) is 0 Å². The highest BCUT2D eigenvalue weighted by Gasteiger charge is 2.09. The van der Waals surface area contributed by atoms with E-state index in [4.69, 9.17) is 4.74 Å². The van der Waals surface area contributed by atoms with Crippen molar-refractivity contribution in [1.29, 1.82) is 0 Å². The normalized spacial score (nSPS) is 9.82. The highest BCUT2D eigenvalue weighted by atomic mass is 16.5. The van der Waals surface area contributed by atoms with Crippen LogP contribution in [0, 0.1) is 0 Å². The minimum atomic E-state index is -0.292. The van der Waals surface area contributed by atoms with Crippen molar-refractivity contribution in [2.45, 2.75) is 20.3 Å². The second-order valence-corrected chi connectivity index (χ2v) is 3.31. The van der Waals surface area contributed by atoms with Gasteiger partial charge in [0.2, 0.25) is 0 Å². The lowest BCUT2D eigenvalue weighted by molar-refractivity contribution is -0.140. The lowest BCUT2D eigenvalue weighted by atomic mass is 10.2. The number of hydrogen-bond donors (Lipinski definition) is 2. The van der Waals surface area contributed by atoms with Gasteiger partial charge in [-0.3, -0.25) is 4.79 Å². The molecule has 0 atom stereocenters. The molecule has 0 aliphatic rings. The van der Waals surface area contributed by atoms with Crippen LogP contribution in [0.5, 0.6) is 0 Å². The Labute approximate surface area is 101 Å². The van der Waals surface area contributed by atoms with Gasteiger partial charge >= 0.3 is 5.97 Å². The molecule has 17 heavy (non-hydrogen) atoms. The van der Waals surface area contributed by atoms with Crippen molar-refractivity contribution >= 4 is 17.6 Å². The standard InChI is InChI=1S/C11H18N4O2/c1-4-8-10(12-3)14-7-15-11(8)13-6-9(16)17-5-2/h7H,4-6H2,1-3H3,(H2,12,13,14,15). The summed E-state index contributed by atoms with van der Waals surface area (Å²) in [6.07, 6.45) is 2.24. The zero-order chi connectivity index (χ0) is 12.7. The van der Waals surface area contributed by atoms with E-state index in [0.29, 0.717) is 12.4 Å². The SMILES string of the molecule is CCOC(=O)CNc1ncnc(NC)c1CC. The number of esters is 1. The van der Waals surface area contributed by atoms with Crippen LogP contribution in [0.15, 0.2) is 6.33 Å². The predicted octanol–water partition coefficient (Wildman–Crippen LogP) is 1.06. The van der Waals surface area contributed by atoms with Gasteiger partial charge in [0.1, 0.15) is 24.5 Å². The summed E-state index contributed by atoms with van der Waals surface area (Å²) < 4.78 is 4.83. The van der Waals surface area contributed by atoms with Gasteiger partial charge in [0.15, 0.2) is 0 Å². The highest BCUT2D eigenvalue weighted by molar-refractivity contribution is 5.75. The first-order chi connectivity index (χ1) is 8.22. The van der Waals surface area contributed by atoms with Crippen molar-refractivity contribution in [3.05, 3.63) is 11.9 Å². The van der Waals surface area contributed by atoms with Gasteiger partial charge in [-0.05, 0) is 13.3 Å². The second kappa shape index (κ2) is 6.67. The van der Waals surface area contributed by atoms with E-state index < -0.39 is 0 Å². The summed E-state index contributed by atoms with van der Waals surface area (Å²) in [5.74, 6) is 1.15. The van der Waals surface area contributed by atoms with Crippen LogP contribution in [0.1, 0.15) is 19.4 Å². The fourth-order valence-corrected chi connectivity index (χ4v) is 1.48. The topological polar surface area (TPSA) is 76.1 Å². The van der Waals surface area contributed by atoms with E-state index in [1.165, 1.54) is 6.33 Å². The molecule has 0 aromatic carbocycles. The minimum Gasteiger partial charge on any atom is -0.465 e. The zero-order valence-electron chi connectivity index (χ0n) is 10.4. The smallest absolute Gasteiger partial charge is 0.325 e. The van der Waals surface area contributed by atoms with E-state index >= 15 is 0 Å². The van der Waals surface area contributed by atoms with Gasteiger partial charge in [-0.25, -0.2) is 9.97 Å². The van der Waals surface area contributed by atoms with Crippen LogP contribution >= 0.6 is 0 Å². The van der Waals surface area contributed by atoms with Crippen LogP contribution in [0.2, 0.25) is 0 Å². The molecule has 0 radical (unpaired) electrons. The molecule has 0 amide bonds. The third-order valence-electron chi connectivity index (χ3n) is 2.24. The molecule has 2 N–H and O–H groups in total. The van der Waals surface area contributed by atoms with Crippen LogP contribution in [-0.2, 0) is 16.0 Å². The minimum absolute atomic E-state index is 0.112. The van der Waals surface area contributed by atoms with Gasteiger partial charge in [-0.1, -0.05) is 6.92 Å². The first-order valence-electron chi connectivity index (χ1n) is 5.64. The Hall–Kier alpha value is -1.85. The number of nitrogens with one attached hydrogen (secondary N) is 2. The average Bonchev–Trinajstić information content (AvgIpc) is 2.36. The molecule has 6 nitrogen and oxygen atoms in total. The van der Waals surface area contributed by atoms with E-state index in [1.54, 1.807) is 14.0 Å². The third-order valence-corrected chi connectivity index (χ3v) is 2.24. The lowest BCUT2D eigenvalue weighted by Crippen LogP contribution is -2.18. The van der Waals surface area contributed by atoms with Crippen molar-refractivity contribution in [2.24, 2.45) is 0 Å². The molecular weight excluding hydrogens is 220 g/mol. The largest absolute Gasteiger partial charge is 0.465 e. The molecule has 0 bridgehead atoms. The first kappa shape index (κ1) is 13.2. The van der Waals surface area contributed by atoms with Gasteiger partial charge in [0.05, 0.1) is 6.61 Å². The second-order valence-electron chi connectivity index (χ2n) is 3.31. The summed E-state index contributed by atoms with van der Waals surface area (Å²) in [5, 5.41) is 5.95. The monoisotopic (exact) mass is 238 g/mol. The molecule has 0 fully saturated rings. The first-order valence-corrected chi connectivity index (χ1v) is 5.64. The Morgan fingerprint density at radius 1 is 1.35 bits per heavy atom. The van der Waals surface area contributed by atoms with Crippen molar-refractivity contribution in [1.82, 2.24) is 9.97 Å². The molecular formula is C11H18N4O2. The maximum Gasteiger partial charge on any atom is 0.325 e. The van der Waals surface area contributed by atoms with E-state index in [9.17, 15) is 4.79 Å². The predicted molar refractivity (Wildman–Crippen MR) is 66.1 cm³/mol. The van der Waals surface area contributed by atoms with Gasteiger partial charge < -0.3 is 15.4 Å². The summed E-state index contributed by atoms with van der Waals surface area (Å²) >= 11 is 0. The number of carbonyl (C=O) groups is 1. The van der Waals surface area contributed by atoms with Crippen LogP contribution in [0.25, 0.3) is 0 Å². The molecule has 1 aromatic rings. The Bertz CT molecular complexity index is 382. The summed E-state index contributed by atoms with van der Waals surface area (Å²) in [6.45, 7) is 4.28. The van der Waals surface area contributed by atoms with E-state index in [0.717, 1.165) is 17.8 Å². The quantitative estimate of drug-likeness (QED) is 0.722. The molecule has 1 rings (SSSR count). The highest BCUT2D eigenvalue weighted by Crippen LogP contribution is 2.19. The fourth-order valence-electron chi connectivity index (χ4n) is 1.48. The number of ether oxygens (including phenoxy) is 1. The summed E-state index contributed by atoms with van der Waals surface area (Å²) in [6, 6.07) is 0. The number of hydrogen-bond acceptors (Lipinski definition) is 6. The van der Waals surface area contributed by atoms with Gasteiger partial charge in [-0.15, -0.1) is 0 Å². The molecule has 0 aliphatic carbocycles. The molecule has 0 saturated heterocycles. The zero-order valence-corrected chi connectivity index (χ0v) is 10.4.